The van der Waals surface area contributed by atoms with Crippen molar-refractivity contribution in [3.8, 4) is 5.75 Å². The predicted octanol–water partition coefficient (Wildman–Crippen LogP) is 3.68. The Hall–Kier alpha value is -2.04. The van der Waals surface area contributed by atoms with Gasteiger partial charge >= 0.3 is 0 Å². The Kier molecular flexibility index (Phi) is 7.95. The van der Waals surface area contributed by atoms with Crippen LogP contribution in [-0.4, -0.2) is 30.5 Å². The maximum absolute atomic E-state index is 12.7. The molecule has 0 heterocycles. The highest BCUT2D eigenvalue weighted by molar-refractivity contribution is 5.97. The minimum absolute atomic E-state index is 0.0208. The molecule has 1 atom stereocenters. The van der Waals surface area contributed by atoms with Crippen LogP contribution in [0.25, 0.3) is 0 Å². The monoisotopic (exact) mass is 360 g/mol. The van der Waals surface area contributed by atoms with Crippen LogP contribution in [-0.2, 0) is 4.79 Å². The molecule has 1 fully saturated rings. The molecule has 144 valence electrons. The van der Waals surface area contributed by atoms with Gasteiger partial charge in [0, 0.05) is 11.6 Å². The maximum atomic E-state index is 12.7. The molecule has 0 radical (unpaired) electrons. The van der Waals surface area contributed by atoms with E-state index in [4.69, 9.17) is 4.74 Å². The molecule has 5 heteroatoms. The van der Waals surface area contributed by atoms with Crippen molar-refractivity contribution in [1.29, 1.82) is 0 Å². The lowest BCUT2D eigenvalue weighted by Crippen LogP contribution is -2.52. The molecule has 1 aliphatic rings. The third kappa shape index (κ3) is 6.04. The average molecular weight is 360 g/mol. The largest absolute Gasteiger partial charge is 0.494 e. The van der Waals surface area contributed by atoms with Crippen LogP contribution >= 0.6 is 0 Å². The molecule has 1 aromatic rings. The average Bonchev–Trinajstić information content (AvgIpc) is 2.88. The Morgan fingerprint density at radius 2 is 1.69 bits per heavy atom. The van der Waals surface area contributed by atoms with E-state index in [0.29, 0.717) is 12.2 Å². The normalized spacial score (nSPS) is 16.6. The van der Waals surface area contributed by atoms with Gasteiger partial charge in [-0.25, -0.2) is 0 Å². The lowest BCUT2D eigenvalue weighted by Gasteiger charge is -2.25. The molecule has 1 saturated carbocycles. The zero-order valence-corrected chi connectivity index (χ0v) is 16.2. The van der Waals surface area contributed by atoms with E-state index < -0.39 is 6.04 Å². The second kappa shape index (κ2) is 10.2. The van der Waals surface area contributed by atoms with Gasteiger partial charge in [-0.1, -0.05) is 39.5 Å². The number of hydrogen-bond donors (Lipinski definition) is 2. The maximum Gasteiger partial charge on any atom is 0.251 e. The van der Waals surface area contributed by atoms with Crippen molar-refractivity contribution in [2.75, 3.05) is 6.61 Å². The third-order valence-electron chi connectivity index (χ3n) is 4.86. The first kappa shape index (κ1) is 20.3. The van der Waals surface area contributed by atoms with Crippen molar-refractivity contribution in [3.05, 3.63) is 29.8 Å². The Balaban J connectivity index is 1.97. The van der Waals surface area contributed by atoms with Crippen LogP contribution < -0.4 is 15.4 Å². The Labute approximate surface area is 156 Å². The summed E-state index contributed by atoms with van der Waals surface area (Å²) in [4.78, 5) is 25.3. The Morgan fingerprint density at radius 3 is 2.23 bits per heavy atom. The van der Waals surface area contributed by atoms with Gasteiger partial charge in [0.1, 0.15) is 11.8 Å². The summed E-state index contributed by atoms with van der Waals surface area (Å²) in [5.74, 6) is 0.442. The number of carbonyl (C=O) groups excluding carboxylic acids is 2. The molecule has 0 unspecified atom stereocenters. The van der Waals surface area contributed by atoms with E-state index in [1.54, 1.807) is 24.3 Å². The molecule has 2 N–H and O–H groups in total. The van der Waals surface area contributed by atoms with Crippen molar-refractivity contribution in [2.45, 2.75) is 71.4 Å². The fourth-order valence-corrected chi connectivity index (χ4v) is 3.34. The topological polar surface area (TPSA) is 67.4 Å². The smallest absolute Gasteiger partial charge is 0.251 e. The summed E-state index contributed by atoms with van der Waals surface area (Å²) in [7, 11) is 0. The number of rotatable bonds is 7. The number of benzene rings is 1. The van der Waals surface area contributed by atoms with Crippen LogP contribution in [0.15, 0.2) is 24.3 Å². The quantitative estimate of drug-likeness (QED) is 0.729. The van der Waals surface area contributed by atoms with Crippen LogP contribution in [0.3, 0.4) is 0 Å². The molecular weight excluding hydrogens is 328 g/mol. The molecular formula is C21H32N2O3. The second-order valence-corrected chi connectivity index (χ2v) is 7.35. The van der Waals surface area contributed by atoms with Gasteiger partial charge < -0.3 is 15.4 Å². The van der Waals surface area contributed by atoms with E-state index in [1.807, 2.05) is 20.8 Å². The first-order valence-electron chi connectivity index (χ1n) is 9.85. The first-order chi connectivity index (χ1) is 12.5. The SMILES string of the molecule is CCOc1ccc(C(=O)N[C@@H](C(=O)NC2CCCCCC2)C(C)C)cc1. The van der Waals surface area contributed by atoms with Crippen LogP contribution in [0.1, 0.15) is 69.7 Å². The molecule has 0 aromatic heterocycles. The summed E-state index contributed by atoms with van der Waals surface area (Å²) in [6.45, 7) is 6.41. The van der Waals surface area contributed by atoms with E-state index in [9.17, 15) is 9.59 Å². The molecule has 0 saturated heterocycles. The van der Waals surface area contributed by atoms with Gasteiger partial charge in [0.25, 0.3) is 5.91 Å². The first-order valence-corrected chi connectivity index (χ1v) is 9.85. The van der Waals surface area contributed by atoms with Crippen LogP contribution in [0.5, 0.6) is 5.75 Å². The summed E-state index contributed by atoms with van der Waals surface area (Å²) >= 11 is 0. The van der Waals surface area contributed by atoms with Crippen molar-refractivity contribution in [1.82, 2.24) is 10.6 Å². The summed E-state index contributed by atoms with van der Waals surface area (Å²) in [5, 5.41) is 6.05. The molecule has 0 bridgehead atoms. The minimum atomic E-state index is -0.530. The van der Waals surface area contributed by atoms with Crippen LogP contribution in [0.4, 0.5) is 0 Å². The number of ether oxygens (including phenoxy) is 1. The summed E-state index contributed by atoms with van der Waals surface area (Å²) in [6, 6.07) is 6.69. The lowest BCUT2D eigenvalue weighted by molar-refractivity contribution is -0.124. The predicted molar refractivity (Wildman–Crippen MR) is 103 cm³/mol. The fraction of sp³-hybridized carbons (Fsp3) is 0.619. The van der Waals surface area contributed by atoms with Crippen molar-refractivity contribution < 1.29 is 14.3 Å². The summed E-state index contributed by atoms with van der Waals surface area (Å²) in [6.07, 6.45) is 6.88. The summed E-state index contributed by atoms with van der Waals surface area (Å²) in [5.41, 5.74) is 0.529. The molecule has 0 aliphatic heterocycles. The van der Waals surface area contributed by atoms with Gasteiger partial charge in [-0.05, 0) is 49.9 Å². The molecule has 2 rings (SSSR count). The Bertz CT molecular complexity index is 575. The fourth-order valence-electron chi connectivity index (χ4n) is 3.34. The van der Waals surface area contributed by atoms with Gasteiger partial charge in [0.05, 0.1) is 6.61 Å². The lowest BCUT2D eigenvalue weighted by atomic mass is 10.0. The number of carbonyl (C=O) groups is 2. The zero-order chi connectivity index (χ0) is 18.9. The molecule has 0 spiro atoms. The van der Waals surface area contributed by atoms with Gasteiger partial charge in [-0.2, -0.15) is 0 Å². The molecule has 1 aliphatic carbocycles. The van der Waals surface area contributed by atoms with Crippen molar-refractivity contribution in [2.24, 2.45) is 5.92 Å². The molecule has 26 heavy (non-hydrogen) atoms. The van der Waals surface area contributed by atoms with Crippen LogP contribution in [0, 0.1) is 5.92 Å². The number of hydrogen-bond acceptors (Lipinski definition) is 3. The van der Waals surface area contributed by atoms with Gasteiger partial charge in [0.15, 0.2) is 0 Å². The highest BCUT2D eigenvalue weighted by atomic mass is 16.5. The highest BCUT2D eigenvalue weighted by Gasteiger charge is 2.26. The number of nitrogens with one attached hydrogen (secondary N) is 2. The van der Waals surface area contributed by atoms with Crippen molar-refractivity contribution in [3.63, 3.8) is 0 Å². The zero-order valence-electron chi connectivity index (χ0n) is 16.2. The Morgan fingerprint density at radius 1 is 1.08 bits per heavy atom. The van der Waals surface area contributed by atoms with Crippen LogP contribution in [0.2, 0.25) is 0 Å². The standard InChI is InChI=1S/C21H32N2O3/c1-4-26-18-13-11-16(12-14-18)20(24)23-19(15(2)3)21(25)22-17-9-7-5-6-8-10-17/h11-15,17,19H,4-10H2,1-3H3,(H,22,25)(H,23,24)/t19-/m1/s1. The summed E-state index contributed by atoms with van der Waals surface area (Å²) < 4.78 is 5.40. The molecule has 1 aromatic carbocycles. The minimum Gasteiger partial charge on any atom is -0.494 e. The molecule has 5 nitrogen and oxygen atoms in total. The third-order valence-corrected chi connectivity index (χ3v) is 4.86. The van der Waals surface area contributed by atoms with Gasteiger partial charge in [-0.3, -0.25) is 9.59 Å². The molecule has 2 amide bonds. The van der Waals surface area contributed by atoms with E-state index in [0.717, 1.165) is 31.4 Å². The van der Waals surface area contributed by atoms with Gasteiger partial charge in [-0.15, -0.1) is 0 Å². The van der Waals surface area contributed by atoms with E-state index in [1.165, 1.54) is 12.8 Å². The highest BCUT2D eigenvalue weighted by Crippen LogP contribution is 2.18. The van der Waals surface area contributed by atoms with E-state index in [-0.39, 0.29) is 23.8 Å². The van der Waals surface area contributed by atoms with Gasteiger partial charge in [0.2, 0.25) is 5.91 Å². The van der Waals surface area contributed by atoms with E-state index >= 15 is 0 Å². The second-order valence-electron chi connectivity index (χ2n) is 7.35. The number of amides is 2. The van der Waals surface area contributed by atoms with Crippen molar-refractivity contribution >= 4 is 11.8 Å². The van der Waals surface area contributed by atoms with E-state index in [2.05, 4.69) is 10.6 Å².